The number of hydrogen-bond donors (Lipinski definition) is 1. The molecule has 0 atom stereocenters. The van der Waals surface area contributed by atoms with Crippen molar-refractivity contribution >= 4 is 23.2 Å². The van der Waals surface area contributed by atoms with Crippen LogP contribution in [0.4, 0.5) is 14.5 Å². The molecule has 0 aromatic heterocycles. The number of anilines is 1. The summed E-state index contributed by atoms with van der Waals surface area (Å²) in [5.41, 5.74) is 0.168. The molecule has 0 aliphatic rings. The minimum Gasteiger partial charge on any atom is -0.493 e. The summed E-state index contributed by atoms with van der Waals surface area (Å²) < 4.78 is 37.3. The van der Waals surface area contributed by atoms with Crippen molar-refractivity contribution in [2.45, 2.75) is 13.8 Å². The van der Waals surface area contributed by atoms with Crippen molar-refractivity contribution < 1.29 is 23.0 Å². The maximum Gasteiger partial charge on any atom is 0.255 e. The molecule has 0 unspecified atom stereocenters. The Kier molecular flexibility index (Phi) is 6.20. The van der Waals surface area contributed by atoms with Gasteiger partial charge in [-0.15, -0.1) is 0 Å². The topological polar surface area (TPSA) is 47.6 Å². The lowest BCUT2D eigenvalue weighted by Gasteiger charge is -2.15. The average Bonchev–Trinajstić information content (AvgIpc) is 2.51. The zero-order valence-corrected chi connectivity index (χ0v) is 14.8. The molecule has 25 heavy (non-hydrogen) atoms. The monoisotopic (exact) mass is 369 g/mol. The van der Waals surface area contributed by atoms with Crippen molar-refractivity contribution in [1.29, 1.82) is 0 Å². The van der Waals surface area contributed by atoms with Crippen LogP contribution >= 0.6 is 11.6 Å². The second-order valence-corrected chi connectivity index (χ2v) is 6.21. The van der Waals surface area contributed by atoms with Crippen molar-refractivity contribution in [3.8, 4) is 11.5 Å². The number of amides is 1. The maximum absolute atomic E-state index is 13.2. The minimum atomic E-state index is -0.789. The predicted octanol–water partition coefficient (Wildman–Crippen LogP) is 4.91. The van der Waals surface area contributed by atoms with E-state index in [0.29, 0.717) is 18.1 Å². The maximum atomic E-state index is 13.2. The zero-order chi connectivity index (χ0) is 18.6. The van der Waals surface area contributed by atoms with E-state index in [2.05, 4.69) is 5.32 Å². The van der Waals surface area contributed by atoms with Crippen LogP contribution in [0, 0.1) is 17.6 Å². The first kappa shape index (κ1) is 19.0. The Balaban J connectivity index is 2.26. The Morgan fingerprint density at radius 2 is 1.80 bits per heavy atom. The van der Waals surface area contributed by atoms with Gasteiger partial charge in [0.25, 0.3) is 5.91 Å². The van der Waals surface area contributed by atoms with E-state index in [1.54, 1.807) is 0 Å². The number of hydrogen-bond acceptors (Lipinski definition) is 3. The van der Waals surface area contributed by atoms with Gasteiger partial charge in [-0.1, -0.05) is 25.4 Å². The third-order valence-electron chi connectivity index (χ3n) is 3.17. The summed E-state index contributed by atoms with van der Waals surface area (Å²) in [7, 11) is 1.43. The van der Waals surface area contributed by atoms with E-state index in [1.807, 2.05) is 13.8 Å². The summed E-state index contributed by atoms with van der Waals surface area (Å²) in [5.74, 6) is -1.24. The molecule has 4 nitrogen and oxygen atoms in total. The number of carbonyl (C=O) groups excluding carboxylic acids is 1. The van der Waals surface area contributed by atoms with Crippen LogP contribution < -0.4 is 14.8 Å². The largest absolute Gasteiger partial charge is 0.493 e. The molecule has 0 radical (unpaired) electrons. The lowest BCUT2D eigenvalue weighted by molar-refractivity contribution is 0.102. The highest BCUT2D eigenvalue weighted by molar-refractivity contribution is 6.32. The number of rotatable bonds is 6. The van der Waals surface area contributed by atoms with Crippen molar-refractivity contribution in [3.05, 3.63) is 52.6 Å². The van der Waals surface area contributed by atoms with Gasteiger partial charge in [0.05, 0.1) is 18.7 Å². The molecule has 0 aliphatic heterocycles. The molecule has 2 aromatic rings. The number of benzene rings is 2. The fourth-order valence-electron chi connectivity index (χ4n) is 2.07. The third-order valence-corrected chi connectivity index (χ3v) is 3.45. The normalized spacial score (nSPS) is 10.7. The quantitative estimate of drug-likeness (QED) is 0.786. The molecular formula is C18H18ClF2NO3. The van der Waals surface area contributed by atoms with Crippen LogP contribution in [0.1, 0.15) is 24.2 Å². The van der Waals surface area contributed by atoms with Crippen LogP contribution in [0.25, 0.3) is 0 Å². The lowest BCUT2D eigenvalue weighted by atomic mass is 10.1. The van der Waals surface area contributed by atoms with Gasteiger partial charge in [-0.3, -0.25) is 4.79 Å². The summed E-state index contributed by atoms with van der Waals surface area (Å²) in [6.45, 7) is 4.41. The van der Waals surface area contributed by atoms with E-state index in [-0.39, 0.29) is 22.2 Å². The standard InChI is InChI=1S/C18H18ClF2NO3/c1-10(2)9-25-17-15(19)4-11(5-16(17)24-3)18(23)22-14-7-12(20)6-13(21)8-14/h4-8,10H,9H2,1-3H3,(H,22,23). The number of methoxy groups -OCH3 is 1. The molecule has 134 valence electrons. The van der Waals surface area contributed by atoms with Crippen molar-refractivity contribution in [2.24, 2.45) is 5.92 Å². The molecule has 2 aromatic carbocycles. The molecule has 1 N–H and O–H groups in total. The molecule has 0 fully saturated rings. The first-order valence-electron chi connectivity index (χ1n) is 7.58. The van der Waals surface area contributed by atoms with E-state index in [4.69, 9.17) is 21.1 Å². The molecule has 0 spiro atoms. The first-order valence-corrected chi connectivity index (χ1v) is 7.95. The minimum absolute atomic E-state index is 0.00211. The second-order valence-electron chi connectivity index (χ2n) is 5.81. The fraction of sp³-hybridized carbons (Fsp3) is 0.278. The molecule has 0 aliphatic carbocycles. The van der Waals surface area contributed by atoms with Crippen LogP contribution in [0.3, 0.4) is 0 Å². The van der Waals surface area contributed by atoms with Gasteiger partial charge in [0.15, 0.2) is 11.5 Å². The Hall–Kier alpha value is -2.34. The van der Waals surface area contributed by atoms with Gasteiger partial charge in [0.1, 0.15) is 11.6 Å². The van der Waals surface area contributed by atoms with Gasteiger partial charge >= 0.3 is 0 Å². The number of halogens is 3. The highest BCUT2D eigenvalue weighted by atomic mass is 35.5. The average molecular weight is 370 g/mol. The van der Waals surface area contributed by atoms with Gasteiger partial charge in [-0.25, -0.2) is 8.78 Å². The number of ether oxygens (including phenoxy) is 2. The van der Waals surface area contributed by atoms with E-state index in [1.165, 1.54) is 19.2 Å². The summed E-state index contributed by atoms with van der Waals surface area (Å²) in [5, 5.41) is 2.62. The molecule has 0 heterocycles. The third kappa shape index (κ3) is 5.06. The van der Waals surface area contributed by atoms with Crippen molar-refractivity contribution in [1.82, 2.24) is 0 Å². The van der Waals surface area contributed by atoms with E-state index < -0.39 is 17.5 Å². The van der Waals surface area contributed by atoms with Crippen LogP contribution in [0.5, 0.6) is 11.5 Å². The van der Waals surface area contributed by atoms with Gasteiger partial charge in [-0.2, -0.15) is 0 Å². The molecule has 2 rings (SSSR count). The fourth-order valence-corrected chi connectivity index (χ4v) is 2.34. The Labute approximate surface area is 149 Å². The van der Waals surface area contributed by atoms with Crippen LogP contribution in [0.2, 0.25) is 5.02 Å². The van der Waals surface area contributed by atoms with Crippen LogP contribution in [-0.2, 0) is 0 Å². The van der Waals surface area contributed by atoms with Gasteiger partial charge in [-0.05, 0) is 30.2 Å². The molecule has 0 saturated heterocycles. The Bertz CT molecular complexity index is 761. The summed E-state index contributed by atoms with van der Waals surface area (Å²) in [6.07, 6.45) is 0. The van der Waals surface area contributed by atoms with Gasteiger partial charge < -0.3 is 14.8 Å². The molecule has 7 heteroatoms. The molecule has 1 amide bonds. The van der Waals surface area contributed by atoms with E-state index in [9.17, 15) is 13.6 Å². The summed E-state index contributed by atoms with van der Waals surface area (Å²) in [6, 6.07) is 5.60. The molecule has 0 bridgehead atoms. The Morgan fingerprint density at radius 3 is 2.36 bits per heavy atom. The highest BCUT2D eigenvalue weighted by Gasteiger charge is 2.17. The highest BCUT2D eigenvalue weighted by Crippen LogP contribution is 2.37. The van der Waals surface area contributed by atoms with Crippen molar-refractivity contribution in [3.63, 3.8) is 0 Å². The van der Waals surface area contributed by atoms with E-state index >= 15 is 0 Å². The zero-order valence-electron chi connectivity index (χ0n) is 14.0. The van der Waals surface area contributed by atoms with Gasteiger partial charge in [0, 0.05) is 17.3 Å². The molecular weight excluding hydrogens is 352 g/mol. The number of nitrogens with one attached hydrogen (secondary N) is 1. The van der Waals surface area contributed by atoms with Crippen LogP contribution in [0.15, 0.2) is 30.3 Å². The SMILES string of the molecule is COc1cc(C(=O)Nc2cc(F)cc(F)c2)cc(Cl)c1OCC(C)C. The number of carbonyl (C=O) groups is 1. The van der Waals surface area contributed by atoms with Crippen molar-refractivity contribution in [2.75, 3.05) is 19.0 Å². The van der Waals surface area contributed by atoms with E-state index in [0.717, 1.165) is 18.2 Å². The van der Waals surface area contributed by atoms with Gasteiger partial charge in [0.2, 0.25) is 0 Å². The smallest absolute Gasteiger partial charge is 0.255 e. The second kappa shape index (κ2) is 8.16. The predicted molar refractivity (Wildman–Crippen MR) is 92.6 cm³/mol. The lowest BCUT2D eigenvalue weighted by Crippen LogP contribution is -2.13. The summed E-state index contributed by atoms with van der Waals surface area (Å²) in [4.78, 5) is 12.3. The van der Waals surface area contributed by atoms with Crippen LogP contribution in [-0.4, -0.2) is 19.6 Å². The molecule has 0 saturated carbocycles. The Morgan fingerprint density at radius 1 is 1.16 bits per heavy atom. The summed E-state index contributed by atoms with van der Waals surface area (Å²) >= 11 is 6.19. The first-order chi connectivity index (χ1) is 11.8.